The van der Waals surface area contributed by atoms with Crippen LogP contribution in [0.5, 0.6) is 0 Å². The first-order valence-electron chi connectivity index (χ1n) is 8.61. The SMILES string of the molecule is CCOC(=O)c1cccc(NC(=O)CSc2ccc(-n3nccc3C)nn2)c1. The van der Waals surface area contributed by atoms with Gasteiger partial charge in [-0.3, -0.25) is 4.79 Å². The standard InChI is InChI=1S/C19H19N5O3S/c1-3-27-19(26)14-5-4-6-15(11-14)21-17(25)12-28-18-8-7-16(22-23-18)24-13(2)9-10-20-24/h4-11H,3,12H2,1-2H3,(H,21,25). The van der Waals surface area contributed by atoms with Crippen molar-refractivity contribution in [2.24, 2.45) is 0 Å². The van der Waals surface area contributed by atoms with Gasteiger partial charge in [-0.1, -0.05) is 17.8 Å². The van der Waals surface area contributed by atoms with E-state index in [1.807, 2.05) is 13.0 Å². The number of carbonyl (C=O) groups excluding carboxylic acids is 2. The lowest BCUT2D eigenvalue weighted by atomic mass is 10.2. The Balaban J connectivity index is 1.55. The lowest BCUT2D eigenvalue weighted by molar-refractivity contribution is -0.113. The molecule has 0 spiro atoms. The number of thioether (sulfide) groups is 1. The fourth-order valence-electron chi connectivity index (χ4n) is 2.39. The van der Waals surface area contributed by atoms with Crippen LogP contribution in [0.25, 0.3) is 5.82 Å². The Bertz CT molecular complexity index is 972. The second-order valence-electron chi connectivity index (χ2n) is 5.75. The van der Waals surface area contributed by atoms with Gasteiger partial charge in [-0.15, -0.1) is 10.2 Å². The third-order valence-electron chi connectivity index (χ3n) is 3.68. The molecule has 0 radical (unpaired) electrons. The molecule has 0 aliphatic heterocycles. The molecule has 0 unspecified atom stereocenters. The maximum absolute atomic E-state index is 12.2. The number of nitrogens with zero attached hydrogens (tertiary/aromatic N) is 4. The second-order valence-corrected chi connectivity index (χ2v) is 6.75. The van der Waals surface area contributed by atoms with Gasteiger partial charge < -0.3 is 10.1 Å². The molecule has 3 aromatic rings. The minimum absolute atomic E-state index is 0.165. The van der Waals surface area contributed by atoms with E-state index in [-0.39, 0.29) is 11.7 Å². The highest BCUT2D eigenvalue weighted by Crippen LogP contribution is 2.17. The predicted molar refractivity (Wildman–Crippen MR) is 106 cm³/mol. The highest BCUT2D eigenvalue weighted by atomic mass is 32.2. The van der Waals surface area contributed by atoms with Crippen molar-refractivity contribution >= 4 is 29.3 Å². The van der Waals surface area contributed by atoms with E-state index in [2.05, 4.69) is 20.6 Å². The van der Waals surface area contributed by atoms with Crippen LogP contribution >= 0.6 is 11.8 Å². The maximum Gasteiger partial charge on any atom is 0.338 e. The molecule has 2 aromatic heterocycles. The molecule has 2 heterocycles. The Hall–Kier alpha value is -3.20. The van der Waals surface area contributed by atoms with Crippen molar-refractivity contribution < 1.29 is 14.3 Å². The van der Waals surface area contributed by atoms with E-state index in [0.29, 0.717) is 28.7 Å². The average molecular weight is 397 g/mol. The van der Waals surface area contributed by atoms with Gasteiger partial charge in [0, 0.05) is 17.6 Å². The van der Waals surface area contributed by atoms with Crippen LogP contribution in [0, 0.1) is 6.92 Å². The lowest BCUT2D eigenvalue weighted by Crippen LogP contribution is -2.15. The van der Waals surface area contributed by atoms with Crippen molar-refractivity contribution in [3.05, 3.63) is 59.9 Å². The summed E-state index contributed by atoms with van der Waals surface area (Å²) >= 11 is 1.27. The molecule has 0 bridgehead atoms. The van der Waals surface area contributed by atoms with Crippen LogP contribution in [0.1, 0.15) is 23.0 Å². The molecule has 3 rings (SSSR count). The molecule has 144 valence electrons. The number of rotatable bonds is 7. The van der Waals surface area contributed by atoms with E-state index in [0.717, 1.165) is 5.69 Å². The van der Waals surface area contributed by atoms with Crippen LogP contribution < -0.4 is 5.32 Å². The Kier molecular flexibility index (Phi) is 6.38. The van der Waals surface area contributed by atoms with Crippen LogP contribution in [0.3, 0.4) is 0 Å². The number of ether oxygens (including phenoxy) is 1. The molecule has 0 aliphatic carbocycles. The molecule has 8 nitrogen and oxygen atoms in total. The summed E-state index contributed by atoms with van der Waals surface area (Å²) < 4.78 is 6.65. The third-order valence-corrected chi connectivity index (χ3v) is 4.60. The van der Waals surface area contributed by atoms with Crippen LogP contribution in [-0.2, 0) is 9.53 Å². The summed E-state index contributed by atoms with van der Waals surface area (Å²) in [5.41, 5.74) is 1.88. The van der Waals surface area contributed by atoms with Crippen molar-refractivity contribution in [3.63, 3.8) is 0 Å². The first-order chi connectivity index (χ1) is 13.6. The second kappa shape index (κ2) is 9.14. The average Bonchev–Trinajstić information content (AvgIpc) is 3.13. The number of hydrogen-bond donors (Lipinski definition) is 1. The van der Waals surface area contributed by atoms with Gasteiger partial charge in [0.05, 0.1) is 17.9 Å². The summed E-state index contributed by atoms with van der Waals surface area (Å²) in [6, 6.07) is 12.1. The van der Waals surface area contributed by atoms with Gasteiger partial charge in [0.1, 0.15) is 5.03 Å². The number of carbonyl (C=O) groups is 2. The van der Waals surface area contributed by atoms with Gasteiger partial charge in [0.15, 0.2) is 5.82 Å². The van der Waals surface area contributed by atoms with Crippen LogP contribution in [-0.4, -0.2) is 44.2 Å². The van der Waals surface area contributed by atoms with E-state index in [9.17, 15) is 9.59 Å². The Morgan fingerprint density at radius 1 is 1.18 bits per heavy atom. The number of aryl methyl sites for hydroxylation is 1. The maximum atomic E-state index is 12.2. The number of aromatic nitrogens is 4. The molecule has 1 N–H and O–H groups in total. The number of anilines is 1. The fourth-order valence-corrected chi connectivity index (χ4v) is 3.00. The zero-order chi connectivity index (χ0) is 19.9. The Morgan fingerprint density at radius 2 is 2.04 bits per heavy atom. The van der Waals surface area contributed by atoms with Crippen LogP contribution in [0.2, 0.25) is 0 Å². The highest BCUT2D eigenvalue weighted by molar-refractivity contribution is 7.99. The van der Waals surface area contributed by atoms with Crippen molar-refractivity contribution in [2.75, 3.05) is 17.7 Å². The van der Waals surface area contributed by atoms with E-state index in [1.54, 1.807) is 54.2 Å². The predicted octanol–water partition coefficient (Wildman–Crippen LogP) is 2.88. The van der Waals surface area contributed by atoms with Crippen molar-refractivity contribution in [1.82, 2.24) is 20.0 Å². The number of esters is 1. The Morgan fingerprint density at radius 3 is 2.71 bits per heavy atom. The molecule has 0 aliphatic rings. The summed E-state index contributed by atoms with van der Waals surface area (Å²) in [6.45, 7) is 3.97. The molecule has 28 heavy (non-hydrogen) atoms. The summed E-state index contributed by atoms with van der Waals surface area (Å²) in [7, 11) is 0. The van der Waals surface area contributed by atoms with Gasteiger partial charge in [0.2, 0.25) is 5.91 Å². The van der Waals surface area contributed by atoms with Gasteiger partial charge >= 0.3 is 5.97 Å². The van der Waals surface area contributed by atoms with Gasteiger partial charge in [-0.2, -0.15) is 5.10 Å². The normalized spacial score (nSPS) is 10.5. The Labute approximate surface area is 166 Å². The van der Waals surface area contributed by atoms with Crippen molar-refractivity contribution in [2.45, 2.75) is 18.9 Å². The van der Waals surface area contributed by atoms with Crippen LogP contribution in [0.4, 0.5) is 5.69 Å². The van der Waals surface area contributed by atoms with Gasteiger partial charge in [0.25, 0.3) is 0 Å². The molecule has 1 aromatic carbocycles. The molecule has 0 saturated carbocycles. The largest absolute Gasteiger partial charge is 0.462 e. The quantitative estimate of drug-likeness (QED) is 0.483. The number of amides is 1. The first-order valence-corrected chi connectivity index (χ1v) is 9.60. The minimum atomic E-state index is -0.421. The summed E-state index contributed by atoms with van der Waals surface area (Å²) in [4.78, 5) is 23.9. The zero-order valence-corrected chi connectivity index (χ0v) is 16.3. The van der Waals surface area contributed by atoms with E-state index in [4.69, 9.17) is 4.74 Å². The van der Waals surface area contributed by atoms with Crippen LogP contribution in [0.15, 0.2) is 53.7 Å². The number of benzene rings is 1. The summed E-state index contributed by atoms with van der Waals surface area (Å²) in [5.74, 6) is 0.154. The molecule has 0 atom stereocenters. The van der Waals surface area contributed by atoms with Gasteiger partial charge in [-0.05, 0) is 50.2 Å². The smallest absolute Gasteiger partial charge is 0.338 e. The molecular weight excluding hydrogens is 378 g/mol. The first kappa shape index (κ1) is 19.6. The fraction of sp³-hybridized carbons (Fsp3) is 0.211. The van der Waals surface area contributed by atoms with Crippen molar-refractivity contribution in [3.8, 4) is 5.82 Å². The monoisotopic (exact) mass is 397 g/mol. The van der Waals surface area contributed by atoms with E-state index < -0.39 is 5.97 Å². The molecule has 0 saturated heterocycles. The molecular formula is C19H19N5O3S. The number of hydrogen-bond acceptors (Lipinski definition) is 7. The molecule has 0 fully saturated rings. The van der Waals surface area contributed by atoms with E-state index >= 15 is 0 Å². The topological polar surface area (TPSA) is 99.0 Å². The molecule has 9 heteroatoms. The zero-order valence-electron chi connectivity index (χ0n) is 15.5. The minimum Gasteiger partial charge on any atom is -0.462 e. The lowest BCUT2D eigenvalue weighted by Gasteiger charge is -2.07. The number of nitrogens with one attached hydrogen (secondary N) is 1. The highest BCUT2D eigenvalue weighted by Gasteiger charge is 2.10. The third kappa shape index (κ3) is 4.95. The van der Waals surface area contributed by atoms with Crippen molar-refractivity contribution in [1.29, 1.82) is 0 Å². The summed E-state index contributed by atoms with van der Waals surface area (Å²) in [5, 5.41) is 15.8. The van der Waals surface area contributed by atoms with E-state index in [1.165, 1.54) is 11.8 Å². The van der Waals surface area contributed by atoms with Gasteiger partial charge in [-0.25, -0.2) is 9.48 Å². The summed E-state index contributed by atoms with van der Waals surface area (Å²) in [6.07, 6.45) is 1.70. The molecule has 1 amide bonds.